The number of morpholine rings is 1. The number of benzene rings is 1. The normalized spacial score (nSPS) is 18.6. The van der Waals surface area contributed by atoms with Gasteiger partial charge in [0.15, 0.2) is 0 Å². The van der Waals surface area contributed by atoms with Crippen LogP contribution in [0.4, 0.5) is 21.0 Å². The van der Waals surface area contributed by atoms with Crippen molar-refractivity contribution in [1.82, 2.24) is 4.90 Å². The first-order valence-corrected chi connectivity index (χ1v) is 6.92. The second kappa shape index (κ2) is 6.01. The lowest BCUT2D eigenvalue weighted by molar-refractivity contribution is 0.0564. The van der Waals surface area contributed by atoms with Crippen LogP contribution in [-0.2, 0) is 9.47 Å². The third-order valence-corrected chi connectivity index (χ3v) is 3.47. The van der Waals surface area contributed by atoms with Crippen molar-refractivity contribution in [3.63, 3.8) is 0 Å². The topological polar surface area (TPSA) is 71.1 Å². The number of carbonyl (C=O) groups is 2. The Morgan fingerprint density at radius 1 is 1.14 bits per heavy atom. The van der Waals surface area contributed by atoms with E-state index < -0.39 is 0 Å². The van der Waals surface area contributed by atoms with Crippen molar-refractivity contribution >= 4 is 23.5 Å². The molecule has 0 radical (unpaired) electrons. The summed E-state index contributed by atoms with van der Waals surface area (Å²) in [7, 11) is 0. The van der Waals surface area contributed by atoms with Crippen LogP contribution in [-0.4, -0.2) is 56.5 Å². The average Bonchev–Trinajstić information content (AvgIpc) is 2.94. The van der Waals surface area contributed by atoms with E-state index in [1.54, 1.807) is 28.0 Å². The summed E-state index contributed by atoms with van der Waals surface area (Å²) < 4.78 is 10.1. The molecule has 1 aromatic rings. The zero-order valence-corrected chi connectivity index (χ0v) is 11.6. The summed E-state index contributed by atoms with van der Waals surface area (Å²) in [6.45, 7) is 3.22. The highest BCUT2D eigenvalue weighted by molar-refractivity contribution is 5.93. The lowest BCUT2D eigenvalue weighted by atomic mass is 10.2. The summed E-state index contributed by atoms with van der Waals surface area (Å²) in [4.78, 5) is 26.9. The molecule has 0 unspecified atom stereocenters. The molecule has 2 aliphatic heterocycles. The van der Waals surface area contributed by atoms with Crippen molar-refractivity contribution in [3.05, 3.63) is 24.3 Å². The van der Waals surface area contributed by atoms with Gasteiger partial charge in [-0.2, -0.15) is 0 Å². The molecule has 1 N–H and O–H groups in total. The van der Waals surface area contributed by atoms with Gasteiger partial charge in [-0.1, -0.05) is 6.07 Å². The SMILES string of the molecule is O=C(Nc1cccc(N2CCOC2=O)c1)N1CCOCC1. The number of nitrogens with one attached hydrogen (secondary N) is 1. The first kappa shape index (κ1) is 13.7. The summed E-state index contributed by atoms with van der Waals surface area (Å²) in [5, 5.41) is 2.84. The molecule has 0 aromatic heterocycles. The molecule has 112 valence electrons. The van der Waals surface area contributed by atoms with Crippen molar-refractivity contribution in [2.45, 2.75) is 0 Å². The van der Waals surface area contributed by atoms with Gasteiger partial charge in [0.2, 0.25) is 0 Å². The van der Waals surface area contributed by atoms with E-state index in [1.807, 2.05) is 6.07 Å². The van der Waals surface area contributed by atoms with Gasteiger partial charge in [0.1, 0.15) is 6.61 Å². The predicted octanol–water partition coefficient (Wildman–Crippen LogP) is 1.51. The number of urea groups is 1. The zero-order chi connectivity index (χ0) is 14.7. The molecule has 0 spiro atoms. The van der Waals surface area contributed by atoms with E-state index in [9.17, 15) is 9.59 Å². The van der Waals surface area contributed by atoms with Crippen molar-refractivity contribution in [2.75, 3.05) is 49.7 Å². The van der Waals surface area contributed by atoms with E-state index in [2.05, 4.69) is 5.32 Å². The summed E-state index contributed by atoms with van der Waals surface area (Å²) in [6, 6.07) is 7.03. The zero-order valence-electron chi connectivity index (χ0n) is 11.6. The largest absolute Gasteiger partial charge is 0.447 e. The Balaban J connectivity index is 1.68. The Morgan fingerprint density at radius 3 is 2.67 bits per heavy atom. The van der Waals surface area contributed by atoms with Gasteiger partial charge >= 0.3 is 12.1 Å². The number of nitrogens with zero attached hydrogens (tertiary/aromatic N) is 2. The molecule has 3 rings (SSSR count). The molecule has 0 aliphatic carbocycles. The maximum absolute atomic E-state index is 12.1. The van der Waals surface area contributed by atoms with Crippen LogP contribution in [0.3, 0.4) is 0 Å². The van der Waals surface area contributed by atoms with Crippen LogP contribution in [0.1, 0.15) is 0 Å². The number of hydrogen-bond acceptors (Lipinski definition) is 4. The Hall–Kier alpha value is -2.28. The minimum absolute atomic E-state index is 0.153. The first-order valence-electron chi connectivity index (χ1n) is 6.92. The summed E-state index contributed by atoms with van der Waals surface area (Å²) in [5.41, 5.74) is 1.38. The monoisotopic (exact) mass is 291 g/mol. The first-order chi connectivity index (χ1) is 10.2. The van der Waals surface area contributed by atoms with Gasteiger partial charge in [-0.15, -0.1) is 0 Å². The fraction of sp³-hybridized carbons (Fsp3) is 0.429. The number of anilines is 2. The number of amides is 3. The van der Waals surface area contributed by atoms with Gasteiger partial charge in [-0.3, -0.25) is 4.90 Å². The van der Waals surface area contributed by atoms with Crippen LogP contribution in [0.5, 0.6) is 0 Å². The Morgan fingerprint density at radius 2 is 1.95 bits per heavy atom. The minimum atomic E-state index is -0.355. The number of carbonyl (C=O) groups excluding carboxylic acids is 2. The van der Waals surface area contributed by atoms with Crippen LogP contribution in [0, 0.1) is 0 Å². The van der Waals surface area contributed by atoms with E-state index in [0.717, 1.165) is 5.69 Å². The Kier molecular flexibility index (Phi) is 3.92. The van der Waals surface area contributed by atoms with Crippen LogP contribution < -0.4 is 10.2 Å². The Bertz CT molecular complexity index is 543. The van der Waals surface area contributed by atoms with Crippen molar-refractivity contribution in [3.8, 4) is 0 Å². The molecule has 0 bridgehead atoms. The van der Waals surface area contributed by atoms with E-state index >= 15 is 0 Å². The highest BCUT2D eigenvalue weighted by Crippen LogP contribution is 2.22. The van der Waals surface area contributed by atoms with Gasteiger partial charge in [0.05, 0.1) is 19.8 Å². The molecule has 2 aliphatic rings. The molecule has 0 saturated carbocycles. The molecule has 2 saturated heterocycles. The number of rotatable bonds is 2. The standard InChI is InChI=1S/C14H17N3O4/c18-13(16-4-7-20-8-5-16)15-11-2-1-3-12(10-11)17-6-9-21-14(17)19/h1-3,10H,4-9H2,(H,15,18). The van der Waals surface area contributed by atoms with E-state index in [-0.39, 0.29) is 12.1 Å². The number of cyclic esters (lactones) is 1. The average molecular weight is 291 g/mol. The van der Waals surface area contributed by atoms with E-state index in [4.69, 9.17) is 9.47 Å². The van der Waals surface area contributed by atoms with E-state index in [1.165, 1.54) is 0 Å². The van der Waals surface area contributed by atoms with Crippen LogP contribution in [0.2, 0.25) is 0 Å². The minimum Gasteiger partial charge on any atom is -0.447 e. The molecule has 7 nitrogen and oxygen atoms in total. The number of hydrogen-bond donors (Lipinski definition) is 1. The molecule has 2 fully saturated rings. The van der Waals surface area contributed by atoms with Crippen LogP contribution in [0.25, 0.3) is 0 Å². The van der Waals surface area contributed by atoms with Gasteiger partial charge < -0.3 is 19.7 Å². The summed E-state index contributed by atoms with van der Waals surface area (Å²) >= 11 is 0. The smallest absolute Gasteiger partial charge is 0.414 e. The molecule has 0 atom stereocenters. The van der Waals surface area contributed by atoms with E-state index in [0.29, 0.717) is 45.1 Å². The van der Waals surface area contributed by atoms with Gasteiger partial charge in [-0.25, -0.2) is 9.59 Å². The highest BCUT2D eigenvalue weighted by Gasteiger charge is 2.24. The second-order valence-corrected chi connectivity index (χ2v) is 4.85. The fourth-order valence-corrected chi connectivity index (χ4v) is 2.35. The third kappa shape index (κ3) is 3.08. The van der Waals surface area contributed by atoms with Crippen molar-refractivity contribution in [1.29, 1.82) is 0 Å². The summed E-state index contributed by atoms with van der Waals surface area (Å²) in [5.74, 6) is 0. The highest BCUT2D eigenvalue weighted by atomic mass is 16.6. The molecular formula is C14H17N3O4. The lowest BCUT2D eigenvalue weighted by Crippen LogP contribution is -2.43. The Labute approximate surface area is 122 Å². The lowest BCUT2D eigenvalue weighted by Gasteiger charge is -2.27. The second-order valence-electron chi connectivity index (χ2n) is 4.85. The quantitative estimate of drug-likeness (QED) is 0.896. The number of ether oxygens (including phenoxy) is 2. The van der Waals surface area contributed by atoms with Crippen LogP contribution >= 0.6 is 0 Å². The fourth-order valence-electron chi connectivity index (χ4n) is 2.35. The van der Waals surface area contributed by atoms with Gasteiger partial charge in [0, 0.05) is 24.5 Å². The summed E-state index contributed by atoms with van der Waals surface area (Å²) in [6.07, 6.45) is -0.355. The molecule has 1 aromatic carbocycles. The third-order valence-electron chi connectivity index (χ3n) is 3.47. The van der Waals surface area contributed by atoms with Crippen molar-refractivity contribution in [2.24, 2.45) is 0 Å². The maximum Gasteiger partial charge on any atom is 0.414 e. The van der Waals surface area contributed by atoms with Crippen molar-refractivity contribution < 1.29 is 19.1 Å². The molecule has 7 heteroatoms. The molecule has 3 amide bonds. The van der Waals surface area contributed by atoms with Gasteiger partial charge in [-0.05, 0) is 18.2 Å². The molecule has 21 heavy (non-hydrogen) atoms. The molecular weight excluding hydrogens is 274 g/mol. The maximum atomic E-state index is 12.1. The molecule has 2 heterocycles. The van der Waals surface area contributed by atoms with Crippen LogP contribution in [0.15, 0.2) is 24.3 Å². The predicted molar refractivity (Wildman–Crippen MR) is 76.5 cm³/mol. The van der Waals surface area contributed by atoms with Gasteiger partial charge in [0.25, 0.3) is 0 Å².